The maximum Gasteiger partial charge on any atom is 0.339 e. The zero-order valence-electron chi connectivity index (χ0n) is 8.49. The highest BCUT2D eigenvalue weighted by Crippen LogP contribution is 2.23. The van der Waals surface area contributed by atoms with Crippen molar-refractivity contribution in [3.8, 4) is 5.75 Å². The number of carboxylic acid groups (broad SMARTS) is 1. The highest BCUT2D eigenvalue weighted by molar-refractivity contribution is 9.10. The maximum absolute atomic E-state index is 10.9. The molecule has 1 rings (SSSR count). The van der Waals surface area contributed by atoms with E-state index in [4.69, 9.17) is 9.84 Å². The fraction of sp³-hybridized carbons (Fsp3) is 0.200. The van der Waals surface area contributed by atoms with Gasteiger partial charge in [0, 0.05) is 11.5 Å². The predicted molar refractivity (Wildman–Crippen MR) is 60.7 cm³/mol. The van der Waals surface area contributed by atoms with Gasteiger partial charge in [-0.1, -0.05) is 15.9 Å². The molecule has 2 N–H and O–H groups in total. The fourth-order valence-electron chi connectivity index (χ4n) is 1.01. The molecule has 0 saturated heterocycles. The second kappa shape index (κ2) is 5.50. The Kier molecular flexibility index (Phi) is 4.30. The highest BCUT2D eigenvalue weighted by Gasteiger charge is 2.12. The summed E-state index contributed by atoms with van der Waals surface area (Å²) in [6, 6.07) is 4.56. The van der Waals surface area contributed by atoms with Crippen molar-refractivity contribution in [2.75, 3.05) is 13.7 Å². The number of carboxylic acids is 1. The number of hydrogen-bond acceptors (Lipinski definition) is 3. The van der Waals surface area contributed by atoms with Gasteiger partial charge in [-0.3, -0.25) is 4.79 Å². The van der Waals surface area contributed by atoms with E-state index in [2.05, 4.69) is 21.2 Å². The van der Waals surface area contributed by atoms with Crippen LogP contribution in [0.2, 0.25) is 0 Å². The number of nitrogens with one attached hydrogen (secondary N) is 1. The van der Waals surface area contributed by atoms with Crippen molar-refractivity contribution < 1.29 is 19.4 Å². The Morgan fingerprint density at radius 2 is 2.19 bits per heavy atom. The third-order valence-electron chi connectivity index (χ3n) is 1.81. The molecule has 0 heterocycles. The molecule has 5 nitrogen and oxygen atoms in total. The van der Waals surface area contributed by atoms with Crippen molar-refractivity contribution >= 4 is 27.8 Å². The minimum Gasteiger partial charge on any atom is -0.483 e. The first-order valence-corrected chi connectivity index (χ1v) is 5.20. The highest BCUT2D eigenvalue weighted by atomic mass is 79.9. The minimum atomic E-state index is -1.10. The van der Waals surface area contributed by atoms with E-state index in [0.717, 1.165) is 0 Å². The fourth-order valence-corrected chi connectivity index (χ4v) is 1.37. The molecule has 0 aliphatic carbocycles. The SMILES string of the molecule is CNC(=O)COc1ccc(Br)cc1C(=O)O. The summed E-state index contributed by atoms with van der Waals surface area (Å²) < 4.78 is 5.73. The van der Waals surface area contributed by atoms with Crippen LogP contribution < -0.4 is 10.1 Å². The van der Waals surface area contributed by atoms with Gasteiger partial charge in [0.2, 0.25) is 0 Å². The van der Waals surface area contributed by atoms with Crippen LogP contribution in [-0.2, 0) is 4.79 Å². The smallest absolute Gasteiger partial charge is 0.339 e. The summed E-state index contributed by atoms with van der Waals surface area (Å²) in [6.45, 7) is -0.210. The Balaban J connectivity index is 2.87. The van der Waals surface area contributed by atoms with Gasteiger partial charge in [-0.25, -0.2) is 4.79 Å². The van der Waals surface area contributed by atoms with Crippen LogP contribution in [0.1, 0.15) is 10.4 Å². The molecule has 0 unspecified atom stereocenters. The summed E-state index contributed by atoms with van der Waals surface area (Å²) in [5.74, 6) is -1.26. The molecule has 0 saturated carbocycles. The third-order valence-corrected chi connectivity index (χ3v) is 2.30. The summed E-state index contributed by atoms with van der Waals surface area (Å²) in [6.07, 6.45) is 0. The molecule has 16 heavy (non-hydrogen) atoms. The van der Waals surface area contributed by atoms with E-state index in [1.807, 2.05) is 0 Å². The molecule has 1 aromatic carbocycles. The number of carbonyl (C=O) groups excluding carboxylic acids is 1. The predicted octanol–water partition coefficient (Wildman–Crippen LogP) is 1.27. The molecule has 0 bridgehead atoms. The molecule has 86 valence electrons. The van der Waals surface area contributed by atoms with Crippen LogP contribution in [0.25, 0.3) is 0 Å². The molecule has 0 fully saturated rings. The Morgan fingerprint density at radius 1 is 1.50 bits per heavy atom. The van der Waals surface area contributed by atoms with Gasteiger partial charge in [-0.15, -0.1) is 0 Å². The lowest BCUT2D eigenvalue weighted by molar-refractivity contribution is -0.122. The Bertz CT molecular complexity index is 419. The van der Waals surface area contributed by atoms with Crippen molar-refractivity contribution in [1.29, 1.82) is 0 Å². The Labute approximate surface area is 101 Å². The van der Waals surface area contributed by atoms with Crippen LogP contribution in [-0.4, -0.2) is 30.6 Å². The van der Waals surface area contributed by atoms with Gasteiger partial charge in [0.05, 0.1) is 0 Å². The van der Waals surface area contributed by atoms with E-state index < -0.39 is 5.97 Å². The molecule has 0 aromatic heterocycles. The molecular formula is C10H10BrNO4. The maximum atomic E-state index is 10.9. The molecule has 0 aliphatic heterocycles. The summed E-state index contributed by atoms with van der Waals surface area (Å²) in [7, 11) is 1.48. The normalized spacial score (nSPS) is 9.62. The minimum absolute atomic E-state index is 0.0123. The molecule has 1 aromatic rings. The van der Waals surface area contributed by atoms with Crippen LogP contribution in [0.15, 0.2) is 22.7 Å². The van der Waals surface area contributed by atoms with Crippen molar-refractivity contribution in [3.63, 3.8) is 0 Å². The standard InChI is InChI=1S/C10H10BrNO4/c1-12-9(13)5-16-8-3-2-6(11)4-7(8)10(14)15/h2-4H,5H2,1H3,(H,12,13)(H,14,15). The molecule has 0 radical (unpaired) electrons. The zero-order valence-corrected chi connectivity index (χ0v) is 10.1. The second-order valence-corrected chi connectivity index (χ2v) is 3.82. The van der Waals surface area contributed by atoms with E-state index >= 15 is 0 Å². The molecule has 0 spiro atoms. The topological polar surface area (TPSA) is 75.6 Å². The van der Waals surface area contributed by atoms with E-state index in [-0.39, 0.29) is 23.8 Å². The molecule has 6 heteroatoms. The largest absolute Gasteiger partial charge is 0.483 e. The lowest BCUT2D eigenvalue weighted by Crippen LogP contribution is -2.25. The van der Waals surface area contributed by atoms with Crippen molar-refractivity contribution in [2.45, 2.75) is 0 Å². The van der Waals surface area contributed by atoms with E-state index in [1.54, 1.807) is 6.07 Å². The number of likely N-dealkylation sites (N-methyl/N-ethyl adjacent to an activating group) is 1. The van der Waals surface area contributed by atoms with Crippen LogP contribution in [0.5, 0.6) is 5.75 Å². The first kappa shape index (κ1) is 12.5. The van der Waals surface area contributed by atoms with Crippen LogP contribution >= 0.6 is 15.9 Å². The first-order valence-electron chi connectivity index (χ1n) is 4.41. The zero-order chi connectivity index (χ0) is 12.1. The van der Waals surface area contributed by atoms with E-state index in [1.165, 1.54) is 19.2 Å². The lowest BCUT2D eigenvalue weighted by atomic mass is 10.2. The molecule has 1 amide bonds. The average Bonchev–Trinajstić information content (AvgIpc) is 2.26. The van der Waals surface area contributed by atoms with Gasteiger partial charge in [0.1, 0.15) is 11.3 Å². The number of aromatic carboxylic acids is 1. The van der Waals surface area contributed by atoms with Crippen LogP contribution in [0.4, 0.5) is 0 Å². The monoisotopic (exact) mass is 287 g/mol. The van der Waals surface area contributed by atoms with Gasteiger partial charge in [0.25, 0.3) is 5.91 Å². The van der Waals surface area contributed by atoms with Crippen molar-refractivity contribution in [2.24, 2.45) is 0 Å². The van der Waals surface area contributed by atoms with Gasteiger partial charge in [-0.05, 0) is 18.2 Å². The Morgan fingerprint density at radius 3 is 2.75 bits per heavy atom. The summed E-state index contributed by atoms with van der Waals surface area (Å²) in [4.78, 5) is 21.8. The first-order chi connectivity index (χ1) is 7.54. The number of ether oxygens (including phenoxy) is 1. The van der Waals surface area contributed by atoms with Gasteiger partial charge in [0.15, 0.2) is 6.61 Å². The molecule has 0 atom stereocenters. The Hall–Kier alpha value is -1.56. The van der Waals surface area contributed by atoms with E-state index in [0.29, 0.717) is 4.47 Å². The number of halogens is 1. The quantitative estimate of drug-likeness (QED) is 0.875. The third kappa shape index (κ3) is 3.23. The van der Waals surface area contributed by atoms with Crippen LogP contribution in [0.3, 0.4) is 0 Å². The second-order valence-electron chi connectivity index (χ2n) is 2.91. The van der Waals surface area contributed by atoms with Gasteiger partial charge >= 0.3 is 5.97 Å². The van der Waals surface area contributed by atoms with Crippen molar-refractivity contribution in [3.05, 3.63) is 28.2 Å². The van der Waals surface area contributed by atoms with Gasteiger partial charge in [-0.2, -0.15) is 0 Å². The number of benzene rings is 1. The van der Waals surface area contributed by atoms with Crippen LogP contribution in [0, 0.1) is 0 Å². The summed E-state index contributed by atoms with van der Waals surface area (Å²) in [5.41, 5.74) is 0.0123. The number of rotatable bonds is 4. The molecular weight excluding hydrogens is 278 g/mol. The number of carbonyl (C=O) groups is 2. The van der Waals surface area contributed by atoms with Crippen molar-refractivity contribution in [1.82, 2.24) is 5.32 Å². The van der Waals surface area contributed by atoms with E-state index in [9.17, 15) is 9.59 Å². The summed E-state index contributed by atoms with van der Waals surface area (Å²) in [5, 5.41) is 11.3. The molecule has 0 aliphatic rings. The summed E-state index contributed by atoms with van der Waals surface area (Å²) >= 11 is 3.16. The number of amides is 1. The lowest BCUT2D eigenvalue weighted by Gasteiger charge is -2.08. The average molecular weight is 288 g/mol. The number of hydrogen-bond donors (Lipinski definition) is 2. The van der Waals surface area contributed by atoms with Gasteiger partial charge < -0.3 is 15.2 Å².